The standard InChI is InChI=1S/C14H13BrClFN2O/c1-3-4-10-12(15)13(16)19-14(18-10)8-5-6-11(20-2)9(17)7-8/h5-7H,3-4H2,1-2H3. The Morgan fingerprint density at radius 1 is 1.35 bits per heavy atom. The maximum atomic E-state index is 13.7. The van der Waals surface area contributed by atoms with E-state index in [9.17, 15) is 4.39 Å². The first-order valence-corrected chi connectivity index (χ1v) is 7.29. The minimum Gasteiger partial charge on any atom is -0.494 e. The maximum absolute atomic E-state index is 13.7. The smallest absolute Gasteiger partial charge is 0.165 e. The second-order valence-electron chi connectivity index (χ2n) is 4.20. The number of rotatable bonds is 4. The van der Waals surface area contributed by atoms with Crippen LogP contribution in [0.25, 0.3) is 11.4 Å². The first-order chi connectivity index (χ1) is 9.56. The number of halogens is 3. The van der Waals surface area contributed by atoms with E-state index >= 15 is 0 Å². The number of aryl methyl sites for hydroxylation is 1. The van der Waals surface area contributed by atoms with Gasteiger partial charge in [0.1, 0.15) is 5.15 Å². The largest absolute Gasteiger partial charge is 0.494 e. The van der Waals surface area contributed by atoms with Crippen molar-refractivity contribution in [3.63, 3.8) is 0 Å². The zero-order valence-corrected chi connectivity index (χ0v) is 13.4. The summed E-state index contributed by atoms with van der Waals surface area (Å²) in [4.78, 5) is 8.62. The Bertz CT molecular complexity index is 637. The van der Waals surface area contributed by atoms with E-state index < -0.39 is 5.82 Å². The third-order valence-electron chi connectivity index (χ3n) is 2.78. The summed E-state index contributed by atoms with van der Waals surface area (Å²) in [5.41, 5.74) is 1.38. The van der Waals surface area contributed by atoms with E-state index in [2.05, 4.69) is 32.8 Å². The van der Waals surface area contributed by atoms with Crippen LogP contribution in [0.4, 0.5) is 4.39 Å². The second-order valence-corrected chi connectivity index (χ2v) is 5.35. The van der Waals surface area contributed by atoms with Crippen LogP contribution in [0.2, 0.25) is 5.15 Å². The highest BCUT2D eigenvalue weighted by Gasteiger charge is 2.13. The first-order valence-electron chi connectivity index (χ1n) is 6.12. The van der Waals surface area contributed by atoms with E-state index in [0.717, 1.165) is 18.5 Å². The summed E-state index contributed by atoms with van der Waals surface area (Å²) in [7, 11) is 1.42. The van der Waals surface area contributed by atoms with Crippen molar-refractivity contribution in [2.75, 3.05) is 7.11 Å². The number of hydrogen-bond donors (Lipinski definition) is 0. The molecule has 3 nitrogen and oxygen atoms in total. The normalized spacial score (nSPS) is 10.7. The lowest BCUT2D eigenvalue weighted by Gasteiger charge is -2.08. The Labute approximate surface area is 130 Å². The number of hydrogen-bond acceptors (Lipinski definition) is 3. The quantitative estimate of drug-likeness (QED) is 0.745. The van der Waals surface area contributed by atoms with Gasteiger partial charge in [0.25, 0.3) is 0 Å². The summed E-state index contributed by atoms with van der Waals surface area (Å²) in [6, 6.07) is 4.59. The molecule has 0 amide bonds. The van der Waals surface area contributed by atoms with Gasteiger partial charge in [0.2, 0.25) is 0 Å². The van der Waals surface area contributed by atoms with Gasteiger partial charge in [-0.25, -0.2) is 14.4 Å². The minimum absolute atomic E-state index is 0.186. The fraction of sp³-hybridized carbons (Fsp3) is 0.286. The van der Waals surface area contributed by atoms with Gasteiger partial charge >= 0.3 is 0 Å². The Balaban J connectivity index is 2.49. The van der Waals surface area contributed by atoms with Gasteiger partial charge in [-0.15, -0.1) is 0 Å². The topological polar surface area (TPSA) is 35.0 Å². The molecule has 0 aliphatic heterocycles. The fourth-order valence-electron chi connectivity index (χ4n) is 1.80. The van der Waals surface area contributed by atoms with Crippen molar-refractivity contribution in [3.05, 3.63) is 39.3 Å². The van der Waals surface area contributed by atoms with Crippen LogP contribution in [0.15, 0.2) is 22.7 Å². The molecule has 0 spiro atoms. The van der Waals surface area contributed by atoms with Crippen LogP contribution in [0.5, 0.6) is 5.75 Å². The van der Waals surface area contributed by atoms with Gasteiger partial charge in [-0.2, -0.15) is 0 Å². The van der Waals surface area contributed by atoms with Crippen molar-refractivity contribution in [1.29, 1.82) is 0 Å². The molecule has 0 radical (unpaired) electrons. The van der Waals surface area contributed by atoms with Crippen LogP contribution in [-0.4, -0.2) is 17.1 Å². The van der Waals surface area contributed by atoms with Crippen molar-refractivity contribution < 1.29 is 9.13 Å². The fourth-order valence-corrected chi connectivity index (χ4v) is 2.36. The molecule has 6 heteroatoms. The SMILES string of the molecule is CCCc1nc(-c2ccc(OC)c(F)c2)nc(Cl)c1Br. The van der Waals surface area contributed by atoms with E-state index in [4.69, 9.17) is 16.3 Å². The average Bonchev–Trinajstić information content (AvgIpc) is 2.43. The number of methoxy groups -OCH3 is 1. The molecule has 0 atom stereocenters. The van der Waals surface area contributed by atoms with Gasteiger partial charge in [-0.05, 0) is 40.5 Å². The third-order valence-corrected chi connectivity index (χ3v) is 4.11. The van der Waals surface area contributed by atoms with Crippen molar-refractivity contribution in [2.45, 2.75) is 19.8 Å². The summed E-state index contributed by atoms with van der Waals surface area (Å²) in [6.45, 7) is 2.05. The number of ether oxygens (including phenoxy) is 1. The Morgan fingerprint density at radius 2 is 2.10 bits per heavy atom. The lowest BCUT2D eigenvalue weighted by Crippen LogP contribution is -1.99. The van der Waals surface area contributed by atoms with E-state index in [1.54, 1.807) is 12.1 Å². The van der Waals surface area contributed by atoms with Gasteiger partial charge in [0.05, 0.1) is 17.3 Å². The van der Waals surface area contributed by atoms with Crippen molar-refractivity contribution >= 4 is 27.5 Å². The first kappa shape index (κ1) is 15.2. The molecule has 106 valence electrons. The molecule has 2 aromatic rings. The predicted octanol–water partition coefficient (Wildman–Crippen LogP) is 4.66. The zero-order valence-electron chi connectivity index (χ0n) is 11.1. The van der Waals surface area contributed by atoms with E-state index in [1.807, 2.05) is 0 Å². The number of aromatic nitrogens is 2. The Morgan fingerprint density at radius 3 is 2.70 bits per heavy atom. The maximum Gasteiger partial charge on any atom is 0.165 e. The van der Waals surface area contributed by atoms with E-state index in [-0.39, 0.29) is 5.75 Å². The molecule has 1 heterocycles. The second kappa shape index (κ2) is 6.50. The third kappa shape index (κ3) is 3.10. The molecular weight excluding hydrogens is 347 g/mol. The summed E-state index contributed by atoms with van der Waals surface area (Å²) < 4.78 is 19.3. The molecule has 0 saturated carbocycles. The highest BCUT2D eigenvalue weighted by molar-refractivity contribution is 9.10. The Hall–Kier alpha value is -1.20. The Kier molecular flexibility index (Phi) is 4.94. The molecule has 0 bridgehead atoms. The molecule has 0 saturated heterocycles. The van der Waals surface area contributed by atoms with Crippen LogP contribution in [0.3, 0.4) is 0 Å². The molecule has 0 N–H and O–H groups in total. The van der Waals surface area contributed by atoms with Gasteiger partial charge < -0.3 is 4.74 Å². The van der Waals surface area contributed by atoms with Crippen LogP contribution >= 0.6 is 27.5 Å². The summed E-state index contributed by atoms with van der Waals surface area (Å²) in [6.07, 6.45) is 1.71. The van der Waals surface area contributed by atoms with Gasteiger partial charge in [-0.3, -0.25) is 0 Å². The van der Waals surface area contributed by atoms with Crippen LogP contribution in [-0.2, 0) is 6.42 Å². The molecule has 1 aromatic heterocycles. The summed E-state index contributed by atoms with van der Waals surface area (Å²) in [5, 5.41) is 0.328. The highest BCUT2D eigenvalue weighted by Crippen LogP contribution is 2.29. The van der Waals surface area contributed by atoms with Gasteiger partial charge in [0.15, 0.2) is 17.4 Å². The molecule has 0 unspecified atom stereocenters. The van der Waals surface area contributed by atoms with Crippen molar-refractivity contribution in [2.24, 2.45) is 0 Å². The van der Waals surface area contributed by atoms with Crippen LogP contribution in [0.1, 0.15) is 19.0 Å². The molecule has 0 aliphatic carbocycles. The van der Waals surface area contributed by atoms with Crippen molar-refractivity contribution in [1.82, 2.24) is 9.97 Å². The zero-order chi connectivity index (χ0) is 14.7. The number of nitrogens with zero attached hydrogens (tertiary/aromatic N) is 2. The summed E-state index contributed by atoms with van der Waals surface area (Å²) >= 11 is 9.46. The minimum atomic E-state index is -0.454. The highest BCUT2D eigenvalue weighted by atomic mass is 79.9. The van der Waals surface area contributed by atoms with Crippen molar-refractivity contribution in [3.8, 4) is 17.1 Å². The lowest BCUT2D eigenvalue weighted by molar-refractivity contribution is 0.386. The molecule has 0 fully saturated rings. The molecular formula is C14H13BrClFN2O. The van der Waals surface area contributed by atoms with E-state index in [0.29, 0.717) is 21.0 Å². The molecule has 0 aliphatic rings. The lowest BCUT2D eigenvalue weighted by atomic mass is 10.2. The summed E-state index contributed by atoms with van der Waals surface area (Å²) in [5.74, 6) is 0.138. The van der Waals surface area contributed by atoms with Gasteiger partial charge in [-0.1, -0.05) is 24.9 Å². The average molecular weight is 360 g/mol. The molecule has 2 rings (SSSR count). The van der Waals surface area contributed by atoms with E-state index in [1.165, 1.54) is 13.2 Å². The predicted molar refractivity (Wildman–Crippen MR) is 80.7 cm³/mol. The van der Waals surface area contributed by atoms with Gasteiger partial charge in [0, 0.05) is 5.56 Å². The number of benzene rings is 1. The molecule has 1 aromatic carbocycles. The van der Waals surface area contributed by atoms with Crippen LogP contribution in [0, 0.1) is 5.82 Å². The molecule has 20 heavy (non-hydrogen) atoms. The monoisotopic (exact) mass is 358 g/mol. The van der Waals surface area contributed by atoms with Crippen LogP contribution < -0.4 is 4.74 Å².